The number of aryl methyl sites for hydroxylation is 2. The molecule has 1 unspecified atom stereocenters. The molecular formula is C26H34N2O3. The van der Waals surface area contributed by atoms with E-state index in [2.05, 4.69) is 5.32 Å². The summed E-state index contributed by atoms with van der Waals surface area (Å²) in [6.07, 6.45) is 4.90. The molecule has 2 aromatic carbocycles. The van der Waals surface area contributed by atoms with Gasteiger partial charge in [0.25, 0.3) is 5.91 Å². The van der Waals surface area contributed by atoms with Crippen LogP contribution in [-0.4, -0.2) is 35.4 Å². The SMILES string of the molecule is CCC(C(=O)NC1CCCC1)N(Cc1ccc(C)cc1)C(=O)COc1ccc(C)cc1. The molecule has 5 heteroatoms. The predicted molar refractivity (Wildman–Crippen MR) is 123 cm³/mol. The van der Waals surface area contributed by atoms with Crippen molar-refractivity contribution in [3.8, 4) is 5.75 Å². The van der Waals surface area contributed by atoms with Crippen LogP contribution >= 0.6 is 0 Å². The van der Waals surface area contributed by atoms with E-state index in [9.17, 15) is 9.59 Å². The molecule has 1 saturated carbocycles. The summed E-state index contributed by atoms with van der Waals surface area (Å²) in [6, 6.07) is 15.4. The van der Waals surface area contributed by atoms with E-state index < -0.39 is 6.04 Å². The van der Waals surface area contributed by atoms with Crippen molar-refractivity contribution in [3.05, 3.63) is 65.2 Å². The molecule has 0 aromatic heterocycles. The Balaban J connectivity index is 1.74. The zero-order valence-electron chi connectivity index (χ0n) is 18.9. The zero-order chi connectivity index (χ0) is 22.2. The van der Waals surface area contributed by atoms with E-state index in [-0.39, 0.29) is 24.5 Å². The van der Waals surface area contributed by atoms with Crippen molar-refractivity contribution in [2.75, 3.05) is 6.61 Å². The summed E-state index contributed by atoms with van der Waals surface area (Å²) in [5.74, 6) is 0.400. The second kappa shape index (κ2) is 11.0. The molecule has 1 aliphatic rings. The van der Waals surface area contributed by atoms with Crippen LogP contribution in [0, 0.1) is 13.8 Å². The summed E-state index contributed by atoms with van der Waals surface area (Å²) >= 11 is 0. The van der Waals surface area contributed by atoms with E-state index in [1.807, 2.05) is 69.3 Å². The van der Waals surface area contributed by atoms with Crippen LogP contribution in [0.3, 0.4) is 0 Å². The highest BCUT2D eigenvalue weighted by atomic mass is 16.5. The zero-order valence-corrected chi connectivity index (χ0v) is 18.9. The smallest absolute Gasteiger partial charge is 0.261 e. The third-order valence-corrected chi connectivity index (χ3v) is 5.94. The predicted octanol–water partition coefficient (Wildman–Crippen LogP) is 4.55. The van der Waals surface area contributed by atoms with Crippen LogP contribution in [0.4, 0.5) is 0 Å². The molecule has 0 bridgehead atoms. The van der Waals surface area contributed by atoms with Crippen molar-refractivity contribution >= 4 is 11.8 Å². The van der Waals surface area contributed by atoms with Crippen LogP contribution < -0.4 is 10.1 Å². The first-order valence-corrected chi connectivity index (χ1v) is 11.3. The maximum atomic E-state index is 13.2. The highest BCUT2D eigenvalue weighted by molar-refractivity contribution is 5.88. The van der Waals surface area contributed by atoms with Gasteiger partial charge in [0.2, 0.25) is 5.91 Å². The van der Waals surface area contributed by atoms with Crippen LogP contribution in [0.15, 0.2) is 48.5 Å². The number of benzene rings is 2. The van der Waals surface area contributed by atoms with Gasteiger partial charge >= 0.3 is 0 Å². The maximum Gasteiger partial charge on any atom is 0.261 e. The van der Waals surface area contributed by atoms with Gasteiger partial charge in [-0.05, 0) is 50.8 Å². The van der Waals surface area contributed by atoms with Gasteiger partial charge in [0.15, 0.2) is 6.61 Å². The molecule has 2 amide bonds. The molecule has 0 radical (unpaired) electrons. The van der Waals surface area contributed by atoms with Crippen molar-refractivity contribution in [1.82, 2.24) is 10.2 Å². The Morgan fingerprint density at radius 1 is 1.00 bits per heavy atom. The minimum atomic E-state index is -0.518. The first-order valence-electron chi connectivity index (χ1n) is 11.3. The summed E-state index contributed by atoms with van der Waals surface area (Å²) < 4.78 is 5.75. The summed E-state index contributed by atoms with van der Waals surface area (Å²) in [5, 5.41) is 3.17. The third kappa shape index (κ3) is 6.58. The second-order valence-electron chi connectivity index (χ2n) is 8.52. The van der Waals surface area contributed by atoms with Gasteiger partial charge < -0.3 is 15.0 Å². The molecule has 0 spiro atoms. The number of rotatable bonds is 9. The molecule has 31 heavy (non-hydrogen) atoms. The monoisotopic (exact) mass is 422 g/mol. The molecule has 0 saturated heterocycles. The molecule has 1 atom stereocenters. The fourth-order valence-corrected chi connectivity index (χ4v) is 4.04. The van der Waals surface area contributed by atoms with E-state index in [4.69, 9.17) is 4.74 Å². The number of nitrogens with zero attached hydrogens (tertiary/aromatic N) is 1. The van der Waals surface area contributed by atoms with Crippen LogP contribution in [0.5, 0.6) is 5.75 Å². The van der Waals surface area contributed by atoms with Crippen molar-refractivity contribution in [3.63, 3.8) is 0 Å². The summed E-state index contributed by atoms with van der Waals surface area (Å²) in [7, 11) is 0. The Kier molecular flexibility index (Phi) is 8.10. The number of amides is 2. The average molecular weight is 423 g/mol. The van der Waals surface area contributed by atoms with Gasteiger partial charge in [0.05, 0.1) is 0 Å². The molecule has 2 aromatic rings. The molecule has 5 nitrogen and oxygen atoms in total. The number of carbonyl (C=O) groups is 2. The fraction of sp³-hybridized carbons (Fsp3) is 0.462. The Morgan fingerprint density at radius 3 is 2.16 bits per heavy atom. The minimum absolute atomic E-state index is 0.0646. The Bertz CT molecular complexity index is 855. The first-order chi connectivity index (χ1) is 15.0. The lowest BCUT2D eigenvalue weighted by Gasteiger charge is -2.31. The van der Waals surface area contributed by atoms with Crippen LogP contribution in [-0.2, 0) is 16.1 Å². The molecular weight excluding hydrogens is 388 g/mol. The lowest BCUT2D eigenvalue weighted by Crippen LogP contribution is -2.52. The number of ether oxygens (including phenoxy) is 1. The quantitative estimate of drug-likeness (QED) is 0.645. The van der Waals surface area contributed by atoms with Crippen LogP contribution in [0.25, 0.3) is 0 Å². The molecule has 1 aliphatic carbocycles. The Morgan fingerprint density at radius 2 is 1.58 bits per heavy atom. The molecule has 1 fully saturated rings. The van der Waals surface area contributed by atoms with Crippen molar-refractivity contribution in [2.24, 2.45) is 0 Å². The first kappa shape index (κ1) is 22.9. The second-order valence-corrected chi connectivity index (χ2v) is 8.52. The van der Waals surface area contributed by atoms with E-state index in [1.54, 1.807) is 4.90 Å². The third-order valence-electron chi connectivity index (χ3n) is 5.94. The normalized spacial score (nSPS) is 14.8. The maximum absolute atomic E-state index is 13.2. The van der Waals surface area contributed by atoms with Crippen molar-refractivity contribution in [1.29, 1.82) is 0 Å². The average Bonchev–Trinajstić information content (AvgIpc) is 3.27. The van der Waals surface area contributed by atoms with Gasteiger partial charge in [-0.25, -0.2) is 0 Å². The van der Waals surface area contributed by atoms with E-state index in [1.165, 1.54) is 0 Å². The van der Waals surface area contributed by atoms with E-state index >= 15 is 0 Å². The number of nitrogens with one attached hydrogen (secondary N) is 1. The lowest BCUT2D eigenvalue weighted by molar-refractivity contribution is -0.143. The van der Waals surface area contributed by atoms with Crippen LogP contribution in [0.1, 0.15) is 55.7 Å². The van der Waals surface area contributed by atoms with E-state index in [0.29, 0.717) is 18.7 Å². The summed E-state index contributed by atoms with van der Waals surface area (Å²) in [4.78, 5) is 28.0. The van der Waals surface area contributed by atoms with Gasteiger partial charge in [0.1, 0.15) is 11.8 Å². The fourth-order valence-electron chi connectivity index (χ4n) is 4.04. The van der Waals surface area contributed by atoms with E-state index in [0.717, 1.165) is 42.4 Å². The summed E-state index contributed by atoms with van der Waals surface area (Å²) in [5.41, 5.74) is 3.30. The Hall–Kier alpha value is -2.82. The van der Waals surface area contributed by atoms with Gasteiger partial charge in [-0.2, -0.15) is 0 Å². The molecule has 1 N–H and O–H groups in total. The highest BCUT2D eigenvalue weighted by Gasteiger charge is 2.30. The van der Waals surface area contributed by atoms with Crippen LogP contribution in [0.2, 0.25) is 0 Å². The molecule has 0 heterocycles. The molecule has 0 aliphatic heterocycles. The number of hydrogen-bond acceptors (Lipinski definition) is 3. The lowest BCUT2D eigenvalue weighted by atomic mass is 10.1. The topological polar surface area (TPSA) is 58.6 Å². The van der Waals surface area contributed by atoms with Gasteiger partial charge in [-0.3, -0.25) is 9.59 Å². The van der Waals surface area contributed by atoms with Crippen molar-refractivity contribution < 1.29 is 14.3 Å². The van der Waals surface area contributed by atoms with Gasteiger partial charge in [-0.15, -0.1) is 0 Å². The summed E-state index contributed by atoms with van der Waals surface area (Å²) in [6.45, 7) is 6.28. The number of hydrogen-bond donors (Lipinski definition) is 1. The van der Waals surface area contributed by atoms with Gasteiger partial charge in [-0.1, -0.05) is 67.3 Å². The number of carbonyl (C=O) groups excluding carboxylic acids is 2. The Labute approximate surface area is 185 Å². The molecule has 3 rings (SSSR count). The largest absolute Gasteiger partial charge is 0.484 e. The molecule has 166 valence electrons. The van der Waals surface area contributed by atoms with Crippen molar-refractivity contribution in [2.45, 2.75) is 71.5 Å². The minimum Gasteiger partial charge on any atom is -0.484 e. The van der Waals surface area contributed by atoms with Gasteiger partial charge in [0, 0.05) is 12.6 Å². The standard InChI is InChI=1S/C26H34N2O3/c1-4-24(26(30)27-22-7-5-6-8-22)28(17-21-13-9-19(2)10-14-21)25(29)18-31-23-15-11-20(3)12-16-23/h9-16,22,24H,4-8,17-18H2,1-3H3,(H,27,30). The highest BCUT2D eigenvalue weighted by Crippen LogP contribution is 2.20.